The Kier molecular flexibility index (Phi) is 3.40. The van der Waals surface area contributed by atoms with Crippen molar-refractivity contribution in [3.05, 3.63) is 0 Å². The number of carbonyl (C=O) groups is 1. The quantitative estimate of drug-likeness (QED) is 0.759. The van der Waals surface area contributed by atoms with Gasteiger partial charge >= 0.3 is 6.09 Å². The molecule has 1 fully saturated rings. The summed E-state index contributed by atoms with van der Waals surface area (Å²) in [6, 6.07) is 0.234. The van der Waals surface area contributed by atoms with Gasteiger partial charge < -0.3 is 10.1 Å². The lowest BCUT2D eigenvalue weighted by atomic mass is 10.1. The van der Waals surface area contributed by atoms with E-state index in [2.05, 4.69) is 5.32 Å². The Labute approximate surface area is 86.2 Å². The third-order valence-corrected chi connectivity index (χ3v) is 2.15. The first-order valence-corrected chi connectivity index (χ1v) is 5.36. The van der Waals surface area contributed by atoms with Crippen LogP contribution in [-0.4, -0.2) is 17.7 Å². The van der Waals surface area contributed by atoms with Gasteiger partial charge in [-0.3, -0.25) is 0 Å². The number of amides is 1. The van der Waals surface area contributed by atoms with E-state index in [1.807, 2.05) is 27.7 Å². The highest BCUT2D eigenvalue weighted by Gasteiger charge is 2.25. The maximum absolute atomic E-state index is 11.3. The Morgan fingerprint density at radius 2 is 2.07 bits per heavy atom. The molecule has 1 unspecified atom stereocenters. The molecule has 0 aromatic rings. The first-order valence-electron chi connectivity index (χ1n) is 5.36. The normalized spacial score (nSPS) is 18.9. The van der Waals surface area contributed by atoms with E-state index in [9.17, 15) is 4.79 Å². The van der Waals surface area contributed by atoms with Crippen LogP contribution in [0.3, 0.4) is 0 Å². The van der Waals surface area contributed by atoms with Gasteiger partial charge in [0.1, 0.15) is 5.60 Å². The molecule has 1 aliphatic rings. The number of alkyl carbamates (subject to hydrolysis) is 1. The van der Waals surface area contributed by atoms with Crippen molar-refractivity contribution in [2.45, 2.75) is 58.6 Å². The average molecular weight is 199 g/mol. The first-order chi connectivity index (χ1) is 6.37. The molecule has 1 rings (SSSR count). The van der Waals surface area contributed by atoms with E-state index in [4.69, 9.17) is 4.74 Å². The Hall–Kier alpha value is -0.730. The van der Waals surface area contributed by atoms with Gasteiger partial charge in [0.05, 0.1) is 0 Å². The zero-order valence-electron chi connectivity index (χ0n) is 9.59. The van der Waals surface area contributed by atoms with Crippen LogP contribution in [0.5, 0.6) is 0 Å². The third kappa shape index (κ3) is 5.10. The number of rotatable bonds is 3. The zero-order valence-corrected chi connectivity index (χ0v) is 9.59. The zero-order chi connectivity index (χ0) is 10.8. The van der Waals surface area contributed by atoms with Gasteiger partial charge in [-0.25, -0.2) is 4.79 Å². The second kappa shape index (κ2) is 4.20. The molecule has 1 aliphatic carbocycles. The summed E-state index contributed by atoms with van der Waals surface area (Å²) in [5, 5.41) is 2.85. The molecular formula is C11H21NO2. The molecule has 1 saturated carbocycles. The molecule has 0 radical (unpaired) electrons. The van der Waals surface area contributed by atoms with E-state index in [1.54, 1.807) is 0 Å². The van der Waals surface area contributed by atoms with E-state index in [0.717, 1.165) is 12.3 Å². The number of nitrogens with one attached hydrogen (secondary N) is 1. The molecule has 1 amide bonds. The van der Waals surface area contributed by atoms with Crippen molar-refractivity contribution in [1.29, 1.82) is 0 Å². The molecule has 1 N–H and O–H groups in total. The molecule has 0 aromatic heterocycles. The summed E-state index contributed by atoms with van der Waals surface area (Å²) in [6.07, 6.45) is 3.42. The highest BCUT2D eigenvalue weighted by Crippen LogP contribution is 2.33. The van der Waals surface area contributed by atoms with Gasteiger partial charge in [-0.15, -0.1) is 0 Å². The molecule has 0 spiro atoms. The van der Waals surface area contributed by atoms with Crippen LogP contribution in [0.4, 0.5) is 4.79 Å². The van der Waals surface area contributed by atoms with Crippen LogP contribution in [0.2, 0.25) is 0 Å². The van der Waals surface area contributed by atoms with E-state index in [0.29, 0.717) is 0 Å². The van der Waals surface area contributed by atoms with Crippen molar-refractivity contribution >= 4 is 6.09 Å². The first kappa shape index (κ1) is 11.3. The van der Waals surface area contributed by atoms with Gasteiger partial charge in [0, 0.05) is 6.04 Å². The predicted octanol–water partition coefficient (Wildman–Crippen LogP) is 2.70. The minimum absolute atomic E-state index is 0.234. The van der Waals surface area contributed by atoms with E-state index in [-0.39, 0.29) is 12.1 Å². The lowest BCUT2D eigenvalue weighted by Gasteiger charge is -2.21. The number of hydrogen-bond acceptors (Lipinski definition) is 2. The Bertz CT molecular complexity index is 204. The summed E-state index contributed by atoms with van der Waals surface area (Å²) < 4.78 is 5.16. The molecule has 0 saturated heterocycles. The standard InChI is InChI=1S/C11H21NO2/c1-8(7-9-5-6-9)12-10(13)14-11(2,3)4/h8-9H,5-7H2,1-4H3,(H,12,13). The highest BCUT2D eigenvalue weighted by molar-refractivity contribution is 5.68. The maximum Gasteiger partial charge on any atom is 0.407 e. The van der Waals surface area contributed by atoms with Crippen LogP contribution in [-0.2, 0) is 4.74 Å². The molecule has 82 valence electrons. The van der Waals surface area contributed by atoms with Crippen molar-refractivity contribution in [1.82, 2.24) is 5.32 Å². The molecule has 0 heterocycles. The minimum Gasteiger partial charge on any atom is -0.444 e. The number of carbonyl (C=O) groups excluding carboxylic acids is 1. The largest absolute Gasteiger partial charge is 0.444 e. The molecule has 3 nitrogen and oxygen atoms in total. The fraction of sp³-hybridized carbons (Fsp3) is 0.909. The van der Waals surface area contributed by atoms with Gasteiger partial charge in [-0.05, 0) is 40.0 Å². The summed E-state index contributed by atoms with van der Waals surface area (Å²) in [6.45, 7) is 7.65. The summed E-state index contributed by atoms with van der Waals surface area (Å²) in [5.41, 5.74) is -0.399. The Morgan fingerprint density at radius 3 is 2.50 bits per heavy atom. The number of hydrogen-bond donors (Lipinski definition) is 1. The molecule has 1 atom stereocenters. The van der Waals surface area contributed by atoms with Crippen LogP contribution in [0.1, 0.15) is 47.0 Å². The van der Waals surface area contributed by atoms with Gasteiger partial charge in [-0.2, -0.15) is 0 Å². The molecule has 0 aromatic carbocycles. The fourth-order valence-corrected chi connectivity index (χ4v) is 1.42. The average Bonchev–Trinajstić information content (AvgIpc) is 2.64. The summed E-state index contributed by atoms with van der Waals surface area (Å²) in [4.78, 5) is 11.3. The second-order valence-corrected chi connectivity index (χ2v) is 5.23. The van der Waals surface area contributed by atoms with Crippen molar-refractivity contribution in [3.8, 4) is 0 Å². The van der Waals surface area contributed by atoms with Gasteiger partial charge in [-0.1, -0.05) is 12.8 Å². The fourth-order valence-electron chi connectivity index (χ4n) is 1.42. The van der Waals surface area contributed by atoms with Crippen molar-refractivity contribution in [2.75, 3.05) is 0 Å². The third-order valence-electron chi connectivity index (χ3n) is 2.15. The van der Waals surface area contributed by atoms with Gasteiger partial charge in [0.25, 0.3) is 0 Å². The lowest BCUT2D eigenvalue weighted by Crippen LogP contribution is -2.37. The smallest absolute Gasteiger partial charge is 0.407 e. The summed E-state index contributed by atoms with van der Waals surface area (Å²) >= 11 is 0. The van der Waals surface area contributed by atoms with Crippen molar-refractivity contribution < 1.29 is 9.53 Å². The van der Waals surface area contributed by atoms with Gasteiger partial charge in [0.15, 0.2) is 0 Å². The van der Waals surface area contributed by atoms with Crippen LogP contribution >= 0.6 is 0 Å². The summed E-state index contributed by atoms with van der Waals surface area (Å²) in [5.74, 6) is 0.833. The van der Waals surface area contributed by atoms with E-state index >= 15 is 0 Å². The molecular weight excluding hydrogens is 178 g/mol. The number of ether oxygens (including phenoxy) is 1. The highest BCUT2D eigenvalue weighted by atomic mass is 16.6. The maximum atomic E-state index is 11.3. The minimum atomic E-state index is -0.399. The monoisotopic (exact) mass is 199 g/mol. The van der Waals surface area contributed by atoms with Crippen LogP contribution in [0.15, 0.2) is 0 Å². The van der Waals surface area contributed by atoms with E-state index < -0.39 is 5.60 Å². The SMILES string of the molecule is CC(CC1CC1)NC(=O)OC(C)(C)C. The topological polar surface area (TPSA) is 38.3 Å². The van der Waals surface area contributed by atoms with Crippen molar-refractivity contribution in [2.24, 2.45) is 5.92 Å². The van der Waals surface area contributed by atoms with Gasteiger partial charge in [0.2, 0.25) is 0 Å². The van der Waals surface area contributed by atoms with E-state index in [1.165, 1.54) is 12.8 Å². The Balaban J connectivity index is 2.18. The van der Waals surface area contributed by atoms with Crippen molar-refractivity contribution in [3.63, 3.8) is 0 Å². The molecule has 14 heavy (non-hydrogen) atoms. The van der Waals surface area contributed by atoms with Crippen LogP contribution in [0, 0.1) is 5.92 Å². The van der Waals surface area contributed by atoms with Crippen LogP contribution < -0.4 is 5.32 Å². The second-order valence-electron chi connectivity index (χ2n) is 5.23. The molecule has 0 aliphatic heterocycles. The summed E-state index contributed by atoms with van der Waals surface area (Å²) in [7, 11) is 0. The molecule has 3 heteroatoms. The van der Waals surface area contributed by atoms with Crippen LogP contribution in [0.25, 0.3) is 0 Å². The Morgan fingerprint density at radius 1 is 1.50 bits per heavy atom. The predicted molar refractivity (Wildman–Crippen MR) is 56.2 cm³/mol. The lowest BCUT2D eigenvalue weighted by molar-refractivity contribution is 0.0505. The molecule has 0 bridgehead atoms.